The van der Waals surface area contributed by atoms with E-state index in [4.69, 9.17) is 14.6 Å². The minimum Gasteiger partial charge on any atom is -0.371 e. The van der Waals surface area contributed by atoms with Gasteiger partial charge in [0.15, 0.2) is 12.0 Å². The van der Waals surface area contributed by atoms with Crippen LogP contribution in [0.1, 0.15) is 38.8 Å². The minimum atomic E-state index is -0.134. The number of nitrogens with zero attached hydrogens (tertiary/aromatic N) is 4. The number of amides is 1. The summed E-state index contributed by atoms with van der Waals surface area (Å²) in [6.45, 7) is 3.97. The van der Waals surface area contributed by atoms with Gasteiger partial charge in [0.05, 0.1) is 23.1 Å². The molecule has 138 valence electrons. The van der Waals surface area contributed by atoms with Gasteiger partial charge in [0.25, 0.3) is 0 Å². The van der Waals surface area contributed by atoms with E-state index in [2.05, 4.69) is 15.2 Å². The molecule has 1 amide bonds. The molecule has 4 fully saturated rings. The van der Waals surface area contributed by atoms with E-state index in [1.807, 2.05) is 16.9 Å². The van der Waals surface area contributed by atoms with E-state index in [9.17, 15) is 4.79 Å². The third-order valence-electron chi connectivity index (χ3n) is 5.36. The van der Waals surface area contributed by atoms with Gasteiger partial charge in [-0.15, -0.1) is 0 Å². The Kier molecular flexibility index (Phi) is 3.82. The fraction of sp³-hybridized carbons (Fsp3) is 0.611. The van der Waals surface area contributed by atoms with Gasteiger partial charge in [0.1, 0.15) is 5.82 Å². The molecule has 4 aliphatic heterocycles. The number of carbonyl (C=O) groups is 1. The van der Waals surface area contributed by atoms with Crippen molar-refractivity contribution in [3.63, 3.8) is 0 Å². The quantitative estimate of drug-likeness (QED) is 0.906. The summed E-state index contributed by atoms with van der Waals surface area (Å²) in [4.78, 5) is 18.1. The van der Waals surface area contributed by atoms with Crippen LogP contribution in [-0.2, 0) is 14.3 Å². The van der Waals surface area contributed by atoms with E-state index in [1.165, 1.54) is 6.92 Å². The van der Waals surface area contributed by atoms with Crippen LogP contribution in [0.3, 0.4) is 0 Å². The third-order valence-corrected chi connectivity index (χ3v) is 5.36. The fourth-order valence-electron chi connectivity index (χ4n) is 4.16. The zero-order chi connectivity index (χ0) is 17.7. The number of pyridine rings is 1. The largest absolute Gasteiger partial charge is 0.371 e. The van der Waals surface area contributed by atoms with Crippen molar-refractivity contribution >= 4 is 28.4 Å². The van der Waals surface area contributed by atoms with Crippen LogP contribution in [0.25, 0.3) is 10.9 Å². The molecular formula is C18H23N5O3. The van der Waals surface area contributed by atoms with Crippen LogP contribution in [0.15, 0.2) is 12.3 Å². The number of hydrogen-bond acceptors (Lipinski definition) is 6. The molecule has 2 bridgehead atoms. The van der Waals surface area contributed by atoms with Crippen molar-refractivity contribution in [1.82, 2.24) is 14.8 Å². The zero-order valence-electron chi connectivity index (χ0n) is 14.9. The Morgan fingerprint density at radius 3 is 2.81 bits per heavy atom. The molecule has 4 aliphatic rings. The van der Waals surface area contributed by atoms with Gasteiger partial charge in [0, 0.05) is 45.3 Å². The number of ether oxygens (including phenoxy) is 2. The molecule has 0 radical (unpaired) electrons. The van der Waals surface area contributed by atoms with Crippen LogP contribution in [0.5, 0.6) is 0 Å². The predicted octanol–water partition coefficient (Wildman–Crippen LogP) is 2.07. The van der Waals surface area contributed by atoms with E-state index < -0.39 is 0 Å². The first-order chi connectivity index (χ1) is 12.7. The molecule has 0 aromatic carbocycles. The van der Waals surface area contributed by atoms with Crippen molar-refractivity contribution in [3.05, 3.63) is 12.3 Å². The Bertz CT molecular complexity index is 829. The van der Waals surface area contributed by atoms with Gasteiger partial charge >= 0.3 is 0 Å². The highest BCUT2D eigenvalue weighted by atomic mass is 16.5. The first-order valence-electron chi connectivity index (χ1n) is 9.35. The SMILES string of the molecule is CC(=O)Nc1cc2c(cn1)c(N1CC3CC(C1)O3)nn2C1CCCCO1. The number of carbonyl (C=O) groups excluding carboxylic acids is 1. The maximum Gasteiger partial charge on any atom is 0.222 e. The van der Waals surface area contributed by atoms with Crippen molar-refractivity contribution < 1.29 is 14.3 Å². The second-order valence-corrected chi connectivity index (χ2v) is 7.38. The average Bonchev–Trinajstić information content (AvgIpc) is 3.00. The van der Waals surface area contributed by atoms with E-state index >= 15 is 0 Å². The first kappa shape index (κ1) is 16.0. The third kappa shape index (κ3) is 2.73. The van der Waals surface area contributed by atoms with Crippen molar-refractivity contribution in [2.24, 2.45) is 0 Å². The maximum atomic E-state index is 11.4. The van der Waals surface area contributed by atoms with Crippen LogP contribution < -0.4 is 10.2 Å². The van der Waals surface area contributed by atoms with Crippen LogP contribution in [-0.4, -0.2) is 52.6 Å². The van der Waals surface area contributed by atoms with Crippen LogP contribution in [0.2, 0.25) is 0 Å². The van der Waals surface area contributed by atoms with Gasteiger partial charge < -0.3 is 19.7 Å². The average molecular weight is 357 g/mol. The number of hydrogen-bond donors (Lipinski definition) is 1. The highest BCUT2D eigenvalue weighted by Crippen LogP contribution is 2.36. The molecule has 8 heteroatoms. The second-order valence-electron chi connectivity index (χ2n) is 7.38. The first-order valence-corrected chi connectivity index (χ1v) is 9.35. The molecule has 0 aliphatic carbocycles. The number of piperidine rings is 1. The summed E-state index contributed by atoms with van der Waals surface area (Å²) in [5.41, 5.74) is 0.950. The minimum absolute atomic E-state index is 0.0665. The molecule has 3 unspecified atom stereocenters. The number of rotatable bonds is 3. The topological polar surface area (TPSA) is 81.5 Å². The monoisotopic (exact) mass is 357 g/mol. The van der Waals surface area contributed by atoms with Crippen LogP contribution >= 0.6 is 0 Å². The number of anilines is 2. The number of morpholine rings is 1. The molecule has 4 saturated heterocycles. The molecule has 3 atom stereocenters. The van der Waals surface area contributed by atoms with Crippen molar-refractivity contribution in [1.29, 1.82) is 0 Å². The fourth-order valence-corrected chi connectivity index (χ4v) is 4.16. The van der Waals surface area contributed by atoms with Gasteiger partial charge in [-0.05, 0) is 19.3 Å². The molecule has 8 nitrogen and oxygen atoms in total. The molecule has 2 aromatic rings. The highest BCUT2D eigenvalue weighted by Gasteiger charge is 2.40. The summed E-state index contributed by atoms with van der Waals surface area (Å²) in [7, 11) is 0. The van der Waals surface area contributed by atoms with Gasteiger partial charge in [-0.1, -0.05) is 0 Å². The summed E-state index contributed by atoms with van der Waals surface area (Å²) in [6, 6.07) is 1.90. The van der Waals surface area contributed by atoms with E-state index in [0.717, 1.165) is 62.1 Å². The summed E-state index contributed by atoms with van der Waals surface area (Å²) >= 11 is 0. The van der Waals surface area contributed by atoms with E-state index in [-0.39, 0.29) is 12.1 Å². The molecule has 0 saturated carbocycles. The Labute approximate surface area is 151 Å². The Hall–Kier alpha value is -2.19. The van der Waals surface area contributed by atoms with Crippen molar-refractivity contribution in [2.75, 3.05) is 29.9 Å². The normalized spacial score (nSPS) is 28.0. The Morgan fingerprint density at radius 2 is 2.12 bits per heavy atom. The molecule has 6 rings (SSSR count). The van der Waals surface area contributed by atoms with E-state index in [1.54, 1.807) is 0 Å². The van der Waals surface area contributed by atoms with E-state index in [0.29, 0.717) is 18.0 Å². The lowest BCUT2D eigenvalue weighted by Crippen LogP contribution is -2.57. The van der Waals surface area contributed by atoms with Gasteiger partial charge in [-0.3, -0.25) is 4.79 Å². The Balaban J connectivity index is 1.57. The molecule has 26 heavy (non-hydrogen) atoms. The Morgan fingerprint density at radius 1 is 1.31 bits per heavy atom. The maximum absolute atomic E-state index is 11.4. The number of aromatic nitrogens is 3. The molecule has 2 aromatic heterocycles. The van der Waals surface area contributed by atoms with Gasteiger partial charge in [-0.25, -0.2) is 9.67 Å². The number of nitrogens with one attached hydrogen (secondary N) is 1. The molecular weight excluding hydrogens is 334 g/mol. The lowest BCUT2D eigenvalue weighted by molar-refractivity contribution is -0.133. The van der Waals surface area contributed by atoms with Crippen molar-refractivity contribution in [2.45, 2.75) is 51.0 Å². The highest BCUT2D eigenvalue weighted by molar-refractivity contribution is 5.94. The van der Waals surface area contributed by atoms with Crippen LogP contribution in [0, 0.1) is 0 Å². The molecule has 6 heterocycles. The summed E-state index contributed by atoms with van der Waals surface area (Å²) in [5, 5.41) is 8.68. The lowest BCUT2D eigenvalue weighted by Gasteiger charge is -2.47. The lowest BCUT2D eigenvalue weighted by atomic mass is 9.99. The predicted molar refractivity (Wildman–Crippen MR) is 96.2 cm³/mol. The standard InChI is InChI=1S/C18H23N5O3/c1-11(24)20-16-7-15-14(8-19-16)18(22-9-12-6-13(10-22)26-12)21-23(15)17-4-2-3-5-25-17/h7-8,12-13,17H,2-6,9-10H2,1H3,(H,19,20,24). The van der Waals surface area contributed by atoms with Crippen LogP contribution in [0.4, 0.5) is 11.6 Å². The number of fused-ring (bicyclic) bond motifs is 3. The zero-order valence-corrected chi connectivity index (χ0v) is 14.9. The molecule has 1 N–H and O–H groups in total. The molecule has 0 spiro atoms. The smallest absolute Gasteiger partial charge is 0.222 e. The summed E-state index contributed by atoms with van der Waals surface area (Å²) < 4.78 is 13.7. The van der Waals surface area contributed by atoms with Crippen molar-refractivity contribution in [3.8, 4) is 0 Å². The van der Waals surface area contributed by atoms with Gasteiger partial charge in [0.2, 0.25) is 5.91 Å². The van der Waals surface area contributed by atoms with Gasteiger partial charge in [-0.2, -0.15) is 5.10 Å². The summed E-state index contributed by atoms with van der Waals surface area (Å²) in [5.74, 6) is 1.35. The summed E-state index contributed by atoms with van der Waals surface area (Å²) in [6.07, 6.45) is 6.68. The second kappa shape index (κ2) is 6.21.